The van der Waals surface area contributed by atoms with Gasteiger partial charge in [0, 0.05) is 20.2 Å². The quantitative estimate of drug-likeness (QED) is 0.195. The number of rotatable bonds is 4. The average Bonchev–Trinajstić information content (AvgIpc) is 3.66. The first-order valence-electron chi connectivity index (χ1n) is 15.2. The molecule has 0 atom stereocenters. The Kier molecular flexibility index (Phi) is 5.85. The van der Waals surface area contributed by atoms with Crippen LogP contribution in [-0.4, -0.2) is 0 Å². The van der Waals surface area contributed by atoms with Crippen LogP contribution in [-0.2, 0) is 6.42 Å². The van der Waals surface area contributed by atoms with Crippen molar-refractivity contribution in [3.8, 4) is 55.6 Å². The lowest BCUT2D eigenvalue weighted by Crippen LogP contribution is -1.91. The van der Waals surface area contributed by atoms with E-state index in [-0.39, 0.29) is 0 Å². The normalized spacial score (nSPS) is 12.0. The molecule has 1 heteroatoms. The van der Waals surface area contributed by atoms with Crippen LogP contribution in [0.2, 0.25) is 0 Å². The van der Waals surface area contributed by atoms with E-state index in [9.17, 15) is 0 Å². The van der Waals surface area contributed by atoms with Crippen LogP contribution in [0.15, 0.2) is 158 Å². The smallest absolute Gasteiger partial charge is 0.0355 e. The highest BCUT2D eigenvalue weighted by Gasteiger charge is 2.23. The third kappa shape index (κ3) is 4.20. The van der Waals surface area contributed by atoms with E-state index in [0.29, 0.717) is 0 Å². The van der Waals surface area contributed by atoms with Gasteiger partial charge in [0.05, 0.1) is 0 Å². The Balaban J connectivity index is 1.18. The molecule has 0 radical (unpaired) electrons. The topological polar surface area (TPSA) is 0 Å². The van der Waals surface area contributed by atoms with Gasteiger partial charge in [-0.15, -0.1) is 11.3 Å². The van der Waals surface area contributed by atoms with Crippen molar-refractivity contribution in [1.29, 1.82) is 0 Å². The monoisotopic (exact) mass is 576 g/mol. The number of benzene rings is 7. The van der Waals surface area contributed by atoms with Crippen molar-refractivity contribution >= 4 is 31.5 Å². The first-order chi connectivity index (χ1) is 21.8. The Hall–Kier alpha value is -5.24. The highest BCUT2D eigenvalue weighted by atomic mass is 32.1. The van der Waals surface area contributed by atoms with Gasteiger partial charge in [0.2, 0.25) is 0 Å². The van der Waals surface area contributed by atoms with Crippen molar-refractivity contribution in [2.45, 2.75) is 6.42 Å². The summed E-state index contributed by atoms with van der Waals surface area (Å²) in [6.45, 7) is 0. The van der Waals surface area contributed by atoms with Crippen LogP contribution in [0.25, 0.3) is 75.8 Å². The van der Waals surface area contributed by atoms with E-state index in [1.54, 1.807) is 0 Å². The third-order valence-corrected chi connectivity index (χ3v) is 10.3. The van der Waals surface area contributed by atoms with E-state index in [2.05, 4.69) is 158 Å². The van der Waals surface area contributed by atoms with E-state index in [4.69, 9.17) is 0 Å². The Morgan fingerprint density at radius 1 is 0.341 bits per heavy atom. The van der Waals surface area contributed by atoms with Crippen molar-refractivity contribution in [2.24, 2.45) is 0 Å². The predicted octanol–water partition coefficient (Wildman–Crippen LogP) is 12.3. The molecule has 9 rings (SSSR count). The zero-order valence-corrected chi connectivity index (χ0v) is 24.9. The molecule has 206 valence electrons. The largest absolute Gasteiger partial charge is 0.135 e. The van der Waals surface area contributed by atoms with Gasteiger partial charge in [-0.25, -0.2) is 0 Å². The molecule has 0 fully saturated rings. The van der Waals surface area contributed by atoms with Gasteiger partial charge in [-0.3, -0.25) is 0 Å². The minimum absolute atomic E-state index is 0.964. The Morgan fingerprint density at radius 3 is 1.84 bits per heavy atom. The molecule has 0 nitrogen and oxygen atoms in total. The Labute approximate surface area is 261 Å². The molecule has 1 aromatic heterocycles. The molecule has 0 unspecified atom stereocenters. The molecule has 0 spiro atoms. The summed E-state index contributed by atoms with van der Waals surface area (Å²) in [4.78, 5) is 0. The van der Waals surface area contributed by atoms with E-state index < -0.39 is 0 Å². The van der Waals surface area contributed by atoms with Crippen molar-refractivity contribution < 1.29 is 0 Å². The summed E-state index contributed by atoms with van der Waals surface area (Å²) in [5, 5.41) is 2.68. The van der Waals surface area contributed by atoms with Crippen molar-refractivity contribution in [1.82, 2.24) is 0 Å². The Morgan fingerprint density at radius 2 is 0.955 bits per heavy atom. The fourth-order valence-corrected chi connectivity index (χ4v) is 8.00. The van der Waals surface area contributed by atoms with Crippen LogP contribution >= 0.6 is 11.3 Å². The summed E-state index contributed by atoms with van der Waals surface area (Å²) in [5.74, 6) is 0. The maximum Gasteiger partial charge on any atom is 0.0355 e. The maximum atomic E-state index is 2.43. The summed E-state index contributed by atoms with van der Waals surface area (Å²) in [6, 6.07) is 58.2. The number of fused-ring (bicyclic) bond motifs is 6. The fraction of sp³-hybridized carbons (Fsp3) is 0.0233. The zero-order chi connectivity index (χ0) is 29.0. The summed E-state index contributed by atoms with van der Waals surface area (Å²) < 4.78 is 2.68. The SMILES string of the molecule is c1ccc(-c2ccc(-c3cccc(-c4cc(-c5ccc6sc7ccccc7c6c5)cc5c4Cc4ccccc4-5)c3)cc2)cc1. The van der Waals surface area contributed by atoms with Crippen LogP contribution in [0, 0.1) is 0 Å². The van der Waals surface area contributed by atoms with E-state index in [1.807, 2.05) is 11.3 Å². The van der Waals surface area contributed by atoms with Crippen LogP contribution in [0.4, 0.5) is 0 Å². The highest BCUT2D eigenvalue weighted by molar-refractivity contribution is 7.25. The standard InChI is InChI=1S/C43H28S/c1-2-9-28(10-3-1)29-17-19-30(20-18-29)31-12-8-13-33(23-31)38-26-35(27-39-36-14-5-4-11-34(36)25-40(38)39)32-21-22-43-41(24-32)37-15-6-7-16-42(37)44-43/h1-24,26-27H,25H2. The van der Waals surface area contributed by atoms with Crippen molar-refractivity contribution in [2.75, 3.05) is 0 Å². The first kappa shape index (κ1) is 25.3. The molecule has 1 aliphatic rings. The summed E-state index contributed by atoms with van der Waals surface area (Å²) in [5.41, 5.74) is 15.6. The van der Waals surface area contributed by atoms with E-state index in [0.717, 1.165) is 6.42 Å². The van der Waals surface area contributed by atoms with Gasteiger partial charge >= 0.3 is 0 Å². The van der Waals surface area contributed by atoms with Crippen LogP contribution in [0.5, 0.6) is 0 Å². The molecular formula is C43H28S. The van der Waals surface area contributed by atoms with Gasteiger partial charge < -0.3 is 0 Å². The summed E-state index contributed by atoms with van der Waals surface area (Å²) in [6.07, 6.45) is 0.964. The third-order valence-electron chi connectivity index (χ3n) is 9.13. The molecule has 7 aromatic carbocycles. The molecule has 8 aromatic rings. The van der Waals surface area contributed by atoms with Gasteiger partial charge in [0.25, 0.3) is 0 Å². The first-order valence-corrected chi connectivity index (χ1v) is 16.0. The highest BCUT2D eigenvalue weighted by Crippen LogP contribution is 2.45. The van der Waals surface area contributed by atoms with Gasteiger partial charge in [0.15, 0.2) is 0 Å². The number of thiophene rings is 1. The lowest BCUT2D eigenvalue weighted by molar-refractivity contribution is 1.26. The summed E-state index contributed by atoms with van der Waals surface area (Å²) in [7, 11) is 0. The van der Waals surface area contributed by atoms with Crippen LogP contribution in [0.1, 0.15) is 11.1 Å². The van der Waals surface area contributed by atoms with Crippen molar-refractivity contribution in [3.63, 3.8) is 0 Å². The minimum Gasteiger partial charge on any atom is -0.135 e. The molecular weight excluding hydrogens is 549 g/mol. The molecule has 44 heavy (non-hydrogen) atoms. The van der Waals surface area contributed by atoms with Gasteiger partial charge in [0.1, 0.15) is 0 Å². The lowest BCUT2D eigenvalue weighted by Gasteiger charge is -2.15. The predicted molar refractivity (Wildman–Crippen MR) is 189 cm³/mol. The maximum absolute atomic E-state index is 2.43. The molecule has 0 bridgehead atoms. The lowest BCUT2D eigenvalue weighted by atomic mass is 9.89. The van der Waals surface area contributed by atoms with E-state index >= 15 is 0 Å². The summed E-state index contributed by atoms with van der Waals surface area (Å²) >= 11 is 1.88. The number of hydrogen-bond acceptors (Lipinski definition) is 1. The fourth-order valence-electron chi connectivity index (χ4n) is 6.91. The zero-order valence-electron chi connectivity index (χ0n) is 24.1. The molecule has 0 N–H and O–H groups in total. The molecule has 0 amide bonds. The van der Waals surface area contributed by atoms with Crippen molar-refractivity contribution in [3.05, 3.63) is 169 Å². The second kappa shape index (κ2) is 10.2. The van der Waals surface area contributed by atoms with Gasteiger partial charge in [-0.05, 0) is 110 Å². The van der Waals surface area contributed by atoms with E-state index in [1.165, 1.54) is 86.9 Å². The second-order valence-electron chi connectivity index (χ2n) is 11.7. The second-order valence-corrected chi connectivity index (χ2v) is 12.8. The molecule has 0 aliphatic heterocycles. The molecule has 1 aliphatic carbocycles. The number of hydrogen-bond donors (Lipinski definition) is 0. The molecule has 0 saturated heterocycles. The molecule has 1 heterocycles. The Bertz CT molecular complexity index is 2340. The average molecular weight is 577 g/mol. The van der Waals surface area contributed by atoms with Gasteiger partial charge in [-0.2, -0.15) is 0 Å². The molecule has 0 saturated carbocycles. The van der Waals surface area contributed by atoms with Crippen LogP contribution < -0.4 is 0 Å². The minimum atomic E-state index is 0.964. The van der Waals surface area contributed by atoms with Gasteiger partial charge in [-0.1, -0.05) is 121 Å². The van der Waals surface area contributed by atoms with Crippen LogP contribution in [0.3, 0.4) is 0 Å².